The highest BCUT2D eigenvalue weighted by molar-refractivity contribution is 9.10. The van der Waals surface area contributed by atoms with E-state index in [0.717, 1.165) is 21.3 Å². The predicted molar refractivity (Wildman–Crippen MR) is 66.7 cm³/mol. The maximum absolute atomic E-state index is 11.6. The average molecular weight is 293 g/mol. The first-order chi connectivity index (χ1) is 8.25. The molecule has 3 rings (SSSR count). The van der Waals surface area contributed by atoms with Crippen molar-refractivity contribution in [2.45, 2.75) is 6.04 Å². The van der Waals surface area contributed by atoms with Gasteiger partial charge in [0, 0.05) is 21.8 Å². The highest BCUT2D eigenvalue weighted by atomic mass is 79.9. The van der Waals surface area contributed by atoms with Gasteiger partial charge in [0.15, 0.2) is 0 Å². The summed E-state index contributed by atoms with van der Waals surface area (Å²) in [4.78, 5) is 11.6. The number of halogens is 1. The number of rotatable bonds is 1. The fourth-order valence-electron chi connectivity index (χ4n) is 1.95. The minimum absolute atomic E-state index is 0.171. The number of aromatic amines is 1. The Hall–Kier alpha value is -1.82. The minimum Gasteiger partial charge on any atom is -0.327 e. The van der Waals surface area contributed by atoms with Crippen molar-refractivity contribution in [2.24, 2.45) is 0 Å². The molecule has 1 aromatic carbocycles. The zero-order valence-corrected chi connectivity index (χ0v) is 10.3. The molecule has 0 aliphatic carbocycles. The number of benzene rings is 1. The van der Waals surface area contributed by atoms with E-state index < -0.39 is 0 Å². The van der Waals surface area contributed by atoms with Gasteiger partial charge in [0.25, 0.3) is 0 Å². The summed E-state index contributed by atoms with van der Waals surface area (Å²) in [6.07, 6.45) is 3.49. The van der Waals surface area contributed by atoms with E-state index in [1.54, 1.807) is 12.4 Å². The number of carbonyl (C=O) groups is 1. The molecule has 2 aromatic rings. The monoisotopic (exact) mass is 292 g/mol. The van der Waals surface area contributed by atoms with Crippen LogP contribution in [-0.2, 0) is 0 Å². The normalized spacial score (nSPS) is 18.2. The zero-order chi connectivity index (χ0) is 11.8. The fraction of sp³-hybridized carbons (Fsp3) is 0.0909. The van der Waals surface area contributed by atoms with Crippen molar-refractivity contribution in [2.75, 3.05) is 5.32 Å². The number of carbonyl (C=O) groups excluding carboxylic acids is 1. The first kappa shape index (κ1) is 10.3. The number of H-pyrrole nitrogens is 1. The molecule has 0 saturated carbocycles. The number of aromatic nitrogens is 2. The van der Waals surface area contributed by atoms with Crippen molar-refractivity contribution in [1.29, 1.82) is 0 Å². The summed E-state index contributed by atoms with van der Waals surface area (Å²) in [6.45, 7) is 0. The van der Waals surface area contributed by atoms with Gasteiger partial charge < -0.3 is 10.6 Å². The van der Waals surface area contributed by atoms with Crippen molar-refractivity contribution in [3.63, 3.8) is 0 Å². The number of hydrogen-bond donors (Lipinski definition) is 3. The smallest absolute Gasteiger partial charge is 0.320 e. The summed E-state index contributed by atoms with van der Waals surface area (Å²) in [6, 6.07) is 5.43. The van der Waals surface area contributed by atoms with E-state index >= 15 is 0 Å². The van der Waals surface area contributed by atoms with Gasteiger partial charge >= 0.3 is 6.03 Å². The first-order valence-corrected chi connectivity index (χ1v) is 5.89. The number of urea groups is 1. The fourth-order valence-corrected chi connectivity index (χ4v) is 2.43. The zero-order valence-electron chi connectivity index (χ0n) is 8.70. The molecule has 0 spiro atoms. The highest BCUT2D eigenvalue weighted by Crippen LogP contribution is 2.35. The average Bonchev–Trinajstić information content (AvgIpc) is 2.83. The maximum atomic E-state index is 11.6. The van der Waals surface area contributed by atoms with Crippen LogP contribution in [0.2, 0.25) is 0 Å². The third-order valence-corrected chi connectivity index (χ3v) is 3.38. The van der Waals surface area contributed by atoms with Crippen molar-refractivity contribution in [1.82, 2.24) is 15.5 Å². The van der Waals surface area contributed by atoms with E-state index in [-0.39, 0.29) is 12.1 Å². The van der Waals surface area contributed by atoms with Crippen molar-refractivity contribution >= 4 is 27.6 Å². The molecule has 0 fully saturated rings. The summed E-state index contributed by atoms with van der Waals surface area (Å²) < 4.78 is 0.873. The number of hydrogen-bond acceptors (Lipinski definition) is 2. The highest BCUT2D eigenvalue weighted by Gasteiger charge is 2.27. The van der Waals surface area contributed by atoms with E-state index in [0.29, 0.717) is 0 Å². The van der Waals surface area contributed by atoms with E-state index in [4.69, 9.17) is 0 Å². The molecule has 1 aromatic heterocycles. The topological polar surface area (TPSA) is 69.8 Å². The van der Waals surface area contributed by atoms with Gasteiger partial charge in [0.1, 0.15) is 0 Å². The lowest BCUT2D eigenvalue weighted by atomic mass is 9.98. The van der Waals surface area contributed by atoms with E-state index in [2.05, 4.69) is 36.8 Å². The molecular weight excluding hydrogens is 284 g/mol. The molecule has 17 heavy (non-hydrogen) atoms. The molecule has 0 bridgehead atoms. The molecule has 1 atom stereocenters. The molecule has 0 radical (unpaired) electrons. The lowest BCUT2D eigenvalue weighted by Gasteiger charge is -2.27. The molecule has 1 aliphatic heterocycles. The van der Waals surface area contributed by atoms with Crippen LogP contribution >= 0.6 is 15.9 Å². The van der Waals surface area contributed by atoms with Crippen LogP contribution in [0.25, 0.3) is 0 Å². The van der Waals surface area contributed by atoms with Crippen LogP contribution in [0.5, 0.6) is 0 Å². The number of nitrogens with one attached hydrogen (secondary N) is 3. The van der Waals surface area contributed by atoms with Gasteiger partial charge in [0.05, 0.1) is 17.9 Å². The van der Waals surface area contributed by atoms with Crippen LogP contribution in [0.1, 0.15) is 17.2 Å². The molecule has 0 saturated heterocycles. The largest absolute Gasteiger partial charge is 0.327 e. The van der Waals surface area contributed by atoms with Gasteiger partial charge in [0.2, 0.25) is 0 Å². The van der Waals surface area contributed by atoms with E-state index in [1.165, 1.54) is 0 Å². The maximum Gasteiger partial charge on any atom is 0.320 e. The van der Waals surface area contributed by atoms with Crippen molar-refractivity contribution in [3.8, 4) is 0 Å². The van der Waals surface area contributed by atoms with Gasteiger partial charge in [-0.2, -0.15) is 5.10 Å². The second kappa shape index (κ2) is 3.89. The summed E-state index contributed by atoms with van der Waals surface area (Å²) in [5.74, 6) is 0. The SMILES string of the molecule is O=C1Nc2c(Br)cccc2C(c2cn[nH]c2)N1. The van der Waals surface area contributed by atoms with Crippen LogP contribution in [0.15, 0.2) is 35.1 Å². The van der Waals surface area contributed by atoms with Gasteiger partial charge in [-0.15, -0.1) is 0 Å². The Morgan fingerprint density at radius 1 is 1.35 bits per heavy atom. The van der Waals surface area contributed by atoms with E-state index in [9.17, 15) is 4.79 Å². The van der Waals surface area contributed by atoms with Crippen molar-refractivity contribution in [3.05, 3.63) is 46.2 Å². The third-order valence-electron chi connectivity index (χ3n) is 2.72. The number of anilines is 1. The lowest BCUT2D eigenvalue weighted by Crippen LogP contribution is -2.38. The molecular formula is C11H9BrN4O. The van der Waals surface area contributed by atoms with Gasteiger partial charge in [-0.25, -0.2) is 4.79 Å². The van der Waals surface area contributed by atoms with Gasteiger partial charge in [-0.1, -0.05) is 12.1 Å². The Bertz CT molecular complexity index is 567. The number of amides is 2. The Balaban J connectivity index is 2.15. The van der Waals surface area contributed by atoms with Crippen molar-refractivity contribution < 1.29 is 4.79 Å². The van der Waals surface area contributed by atoms with Gasteiger partial charge in [-0.3, -0.25) is 5.10 Å². The quantitative estimate of drug-likeness (QED) is 0.755. The van der Waals surface area contributed by atoms with Crippen LogP contribution in [-0.4, -0.2) is 16.2 Å². The lowest BCUT2D eigenvalue weighted by molar-refractivity contribution is 0.249. The number of para-hydroxylation sites is 1. The first-order valence-electron chi connectivity index (χ1n) is 5.10. The van der Waals surface area contributed by atoms with Crippen LogP contribution in [0, 0.1) is 0 Å². The second-order valence-corrected chi connectivity index (χ2v) is 4.62. The summed E-state index contributed by atoms with van der Waals surface area (Å²) >= 11 is 3.43. The number of nitrogens with zero attached hydrogens (tertiary/aromatic N) is 1. The summed E-state index contributed by atoms with van der Waals surface area (Å²) in [5.41, 5.74) is 2.75. The minimum atomic E-state index is -0.212. The van der Waals surface area contributed by atoms with Gasteiger partial charge in [-0.05, 0) is 22.0 Å². The second-order valence-electron chi connectivity index (χ2n) is 3.77. The predicted octanol–water partition coefficient (Wildman–Crippen LogP) is 2.40. The van der Waals surface area contributed by atoms with Crippen LogP contribution in [0.3, 0.4) is 0 Å². The Labute approximate surface area is 106 Å². The molecule has 1 aliphatic rings. The Kier molecular flexibility index (Phi) is 2.36. The summed E-state index contributed by atoms with van der Waals surface area (Å²) in [5, 5.41) is 12.3. The van der Waals surface area contributed by atoms with Crippen LogP contribution < -0.4 is 10.6 Å². The Morgan fingerprint density at radius 3 is 3.00 bits per heavy atom. The summed E-state index contributed by atoms with van der Waals surface area (Å²) in [7, 11) is 0. The third kappa shape index (κ3) is 1.70. The molecule has 86 valence electrons. The molecule has 3 N–H and O–H groups in total. The molecule has 2 heterocycles. The molecule has 5 nitrogen and oxygen atoms in total. The molecule has 6 heteroatoms. The van der Waals surface area contributed by atoms with Crippen LogP contribution in [0.4, 0.5) is 10.5 Å². The molecule has 1 unspecified atom stereocenters. The number of fused-ring (bicyclic) bond motifs is 1. The Morgan fingerprint density at radius 2 is 2.24 bits per heavy atom. The van der Waals surface area contributed by atoms with E-state index in [1.807, 2.05) is 18.2 Å². The molecule has 2 amide bonds. The standard InChI is InChI=1S/C11H9BrN4O/c12-8-3-1-2-7-9(6-4-13-14-5-6)15-11(17)16-10(7)8/h1-5,9H,(H,13,14)(H2,15,16,17).